The van der Waals surface area contributed by atoms with Crippen LogP contribution in [0.25, 0.3) is 5.69 Å². The van der Waals surface area contributed by atoms with Crippen molar-refractivity contribution in [2.75, 3.05) is 38.4 Å². The molecule has 1 fully saturated rings. The van der Waals surface area contributed by atoms with Crippen LogP contribution in [0, 0.1) is 5.82 Å². The third-order valence-electron chi connectivity index (χ3n) is 7.26. The SMILES string of the molecule is COc1ccc(OC)c(-n2c(CNC(=O)c3ccc(S(=O)(=O)N4CCCCC4)cc3)nnc2SCC(=O)Nc2ccc(F)cc2)c1. The van der Waals surface area contributed by atoms with Gasteiger partial charge in [0.25, 0.3) is 5.91 Å². The molecule has 2 amide bonds. The zero-order valence-corrected chi connectivity index (χ0v) is 26.9. The average Bonchev–Trinajstić information content (AvgIpc) is 3.49. The standard InChI is InChI=1S/C31H33FN6O6S2/c1-43-24-12-15-27(44-2)26(18-24)38-28(35-36-31(38)45-20-29(39)34-23-10-8-22(32)9-11-23)19-33-30(40)21-6-13-25(14-7-21)46(41,42)37-16-4-3-5-17-37/h6-15,18H,3-5,16-17,19-20H2,1-2H3,(H,33,40)(H,34,39). The third-order valence-corrected chi connectivity index (χ3v) is 10.1. The van der Waals surface area contributed by atoms with Gasteiger partial charge in [-0.25, -0.2) is 12.8 Å². The minimum atomic E-state index is -3.62. The molecule has 1 aliphatic heterocycles. The first-order chi connectivity index (χ1) is 22.2. The highest BCUT2D eigenvalue weighted by molar-refractivity contribution is 7.99. The van der Waals surface area contributed by atoms with Gasteiger partial charge in [0, 0.05) is 30.4 Å². The van der Waals surface area contributed by atoms with Crippen LogP contribution in [-0.4, -0.2) is 72.4 Å². The van der Waals surface area contributed by atoms with Crippen LogP contribution in [0.3, 0.4) is 0 Å². The molecule has 1 aliphatic rings. The van der Waals surface area contributed by atoms with Crippen LogP contribution in [0.1, 0.15) is 35.4 Å². The van der Waals surface area contributed by atoms with Gasteiger partial charge >= 0.3 is 0 Å². The number of methoxy groups -OCH3 is 2. The number of rotatable bonds is 12. The number of nitrogens with zero attached hydrogens (tertiary/aromatic N) is 4. The largest absolute Gasteiger partial charge is 0.497 e. The van der Waals surface area contributed by atoms with Gasteiger partial charge in [0.2, 0.25) is 15.9 Å². The fraction of sp³-hybridized carbons (Fsp3) is 0.290. The number of thioether (sulfide) groups is 1. The molecule has 1 saturated heterocycles. The fourth-order valence-corrected chi connectivity index (χ4v) is 7.16. The summed E-state index contributed by atoms with van der Waals surface area (Å²) in [6, 6.07) is 16.4. The van der Waals surface area contributed by atoms with Crippen molar-refractivity contribution in [3.05, 3.63) is 83.9 Å². The number of hydrogen-bond donors (Lipinski definition) is 2. The fourth-order valence-electron chi connectivity index (χ4n) is 4.88. The van der Waals surface area contributed by atoms with Crippen molar-refractivity contribution in [3.63, 3.8) is 0 Å². The number of anilines is 1. The highest BCUT2D eigenvalue weighted by Crippen LogP contribution is 2.32. The van der Waals surface area contributed by atoms with E-state index in [1.165, 1.54) is 67.1 Å². The Balaban J connectivity index is 1.34. The summed E-state index contributed by atoms with van der Waals surface area (Å²) in [7, 11) is -0.591. The summed E-state index contributed by atoms with van der Waals surface area (Å²) < 4.78 is 53.4. The smallest absolute Gasteiger partial charge is 0.251 e. The van der Waals surface area contributed by atoms with E-state index in [1.807, 2.05) is 0 Å². The number of halogens is 1. The van der Waals surface area contributed by atoms with Gasteiger partial charge in [-0.15, -0.1) is 10.2 Å². The summed E-state index contributed by atoms with van der Waals surface area (Å²) in [4.78, 5) is 25.9. The van der Waals surface area contributed by atoms with Gasteiger partial charge in [-0.3, -0.25) is 14.2 Å². The van der Waals surface area contributed by atoms with Crippen LogP contribution >= 0.6 is 11.8 Å². The Bertz CT molecular complexity index is 1790. The van der Waals surface area contributed by atoms with Crippen molar-refractivity contribution < 1.29 is 31.9 Å². The molecule has 0 radical (unpaired) electrons. The number of aromatic nitrogens is 3. The topological polar surface area (TPSA) is 145 Å². The van der Waals surface area contributed by atoms with Crippen molar-refractivity contribution in [2.45, 2.75) is 35.9 Å². The van der Waals surface area contributed by atoms with E-state index < -0.39 is 21.7 Å². The lowest BCUT2D eigenvalue weighted by atomic mass is 10.2. The van der Waals surface area contributed by atoms with Gasteiger partial charge in [0.1, 0.15) is 17.3 Å². The minimum absolute atomic E-state index is 0.0408. The maximum Gasteiger partial charge on any atom is 0.251 e. The van der Waals surface area contributed by atoms with Gasteiger partial charge in [0.05, 0.1) is 37.1 Å². The number of carbonyl (C=O) groups excluding carboxylic acids is 2. The van der Waals surface area contributed by atoms with Crippen molar-refractivity contribution in [2.24, 2.45) is 0 Å². The molecule has 1 aromatic heterocycles. The van der Waals surface area contributed by atoms with Gasteiger partial charge in [-0.2, -0.15) is 4.31 Å². The molecule has 4 aromatic rings. The molecule has 242 valence electrons. The first-order valence-corrected chi connectivity index (χ1v) is 16.9. The zero-order valence-electron chi connectivity index (χ0n) is 25.2. The maximum absolute atomic E-state index is 13.2. The summed E-state index contributed by atoms with van der Waals surface area (Å²) >= 11 is 1.11. The number of amides is 2. The number of hydrogen-bond acceptors (Lipinski definition) is 9. The molecule has 5 rings (SSSR count). The molecular weight excluding hydrogens is 636 g/mol. The van der Waals surface area contributed by atoms with E-state index in [-0.39, 0.29) is 28.7 Å². The second-order valence-electron chi connectivity index (χ2n) is 10.3. The van der Waals surface area contributed by atoms with E-state index in [1.54, 1.807) is 22.8 Å². The Morgan fingerprint density at radius 1 is 0.935 bits per heavy atom. The molecular formula is C31H33FN6O6S2. The average molecular weight is 669 g/mol. The van der Waals surface area contributed by atoms with Gasteiger partial charge in [-0.1, -0.05) is 18.2 Å². The van der Waals surface area contributed by atoms with Crippen LogP contribution in [0.5, 0.6) is 11.5 Å². The molecule has 2 N–H and O–H groups in total. The highest BCUT2D eigenvalue weighted by Gasteiger charge is 2.26. The molecule has 15 heteroatoms. The van der Waals surface area contributed by atoms with Crippen LogP contribution in [0.2, 0.25) is 0 Å². The summed E-state index contributed by atoms with van der Waals surface area (Å²) in [6.45, 7) is 0.924. The number of sulfonamides is 1. The van der Waals surface area contributed by atoms with E-state index in [9.17, 15) is 22.4 Å². The predicted octanol–water partition coefficient (Wildman–Crippen LogP) is 4.26. The first kappa shape index (κ1) is 32.9. The van der Waals surface area contributed by atoms with Crippen LogP contribution in [-0.2, 0) is 21.4 Å². The molecule has 46 heavy (non-hydrogen) atoms. The predicted molar refractivity (Wildman–Crippen MR) is 170 cm³/mol. The molecule has 2 heterocycles. The third kappa shape index (κ3) is 7.66. The van der Waals surface area contributed by atoms with Crippen molar-refractivity contribution in [3.8, 4) is 17.2 Å². The van der Waals surface area contributed by atoms with E-state index in [0.29, 0.717) is 46.9 Å². The van der Waals surface area contributed by atoms with Crippen molar-refractivity contribution in [1.29, 1.82) is 0 Å². The van der Waals surface area contributed by atoms with Gasteiger partial charge in [-0.05, 0) is 73.5 Å². The monoisotopic (exact) mass is 668 g/mol. The van der Waals surface area contributed by atoms with Crippen LogP contribution < -0.4 is 20.1 Å². The maximum atomic E-state index is 13.2. The lowest BCUT2D eigenvalue weighted by molar-refractivity contribution is -0.113. The molecule has 0 bridgehead atoms. The lowest BCUT2D eigenvalue weighted by Crippen LogP contribution is -2.35. The number of ether oxygens (including phenoxy) is 2. The quantitative estimate of drug-likeness (QED) is 0.212. The van der Waals surface area contributed by atoms with E-state index in [0.717, 1.165) is 31.0 Å². The first-order valence-electron chi connectivity index (χ1n) is 14.4. The number of piperidine rings is 1. The van der Waals surface area contributed by atoms with Gasteiger partial charge < -0.3 is 20.1 Å². The molecule has 0 aliphatic carbocycles. The summed E-state index contributed by atoms with van der Waals surface area (Å²) in [5, 5.41) is 14.4. The zero-order chi connectivity index (χ0) is 32.7. The van der Waals surface area contributed by atoms with Gasteiger partial charge in [0.15, 0.2) is 11.0 Å². The minimum Gasteiger partial charge on any atom is -0.497 e. The normalized spacial score (nSPS) is 13.6. The summed E-state index contributed by atoms with van der Waals surface area (Å²) in [6.07, 6.45) is 2.67. The van der Waals surface area contributed by atoms with Crippen molar-refractivity contribution in [1.82, 2.24) is 24.4 Å². The highest BCUT2D eigenvalue weighted by atomic mass is 32.2. The Kier molecular flexibility index (Phi) is 10.6. The number of nitrogens with one attached hydrogen (secondary N) is 2. The number of carbonyl (C=O) groups is 2. The Morgan fingerprint density at radius 3 is 2.33 bits per heavy atom. The second-order valence-corrected chi connectivity index (χ2v) is 13.2. The molecule has 0 spiro atoms. The Morgan fingerprint density at radius 2 is 1.65 bits per heavy atom. The second kappa shape index (κ2) is 14.7. The molecule has 0 atom stereocenters. The van der Waals surface area contributed by atoms with E-state index in [4.69, 9.17) is 9.47 Å². The van der Waals surface area contributed by atoms with E-state index in [2.05, 4.69) is 20.8 Å². The number of benzene rings is 3. The van der Waals surface area contributed by atoms with Crippen LogP contribution in [0.4, 0.5) is 10.1 Å². The summed E-state index contributed by atoms with van der Waals surface area (Å²) in [5.74, 6) is 0.100. The molecule has 12 nitrogen and oxygen atoms in total. The molecule has 0 saturated carbocycles. The van der Waals surface area contributed by atoms with Crippen molar-refractivity contribution >= 4 is 39.3 Å². The summed E-state index contributed by atoms with van der Waals surface area (Å²) in [5.41, 5.74) is 1.24. The van der Waals surface area contributed by atoms with E-state index >= 15 is 0 Å². The molecule has 0 unspecified atom stereocenters. The Hall–Kier alpha value is -4.47. The Labute approximate surface area is 270 Å². The lowest BCUT2D eigenvalue weighted by Gasteiger charge is -2.25. The molecule has 3 aromatic carbocycles. The van der Waals surface area contributed by atoms with Crippen LogP contribution in [0.15, 0.2) is 76.8 Å².